The first-order chi connectivity index (χ1) is 9.08. The molecule has 2 aliphatic heterocycles. The minimum absolute atomic E-state index is 0.0683. The highest BCUT2D eigenvalue weighted by molar-refractivity contribution is 6.31. The fourth-order valence-electron chi connectivity index (χ4n) is 3.07. The van der Waals surface area contributed by atoms with E-state index in [0.717, 1.165) is 55.3 Å². The first-order valence-corrected chi connectivity index (χ1v) is 7.18. The zero-order chi connectivity index (χ0) is 13.5. The number of piperidine rings is 1. The van der Waals surface area contributed by atoms with Crippen molar-refractivity contribution >= 4 is 17.5 Å². The summed E-state index contributed by atoms with van der Waals surface area (Å²) in [4.78, 5) is 13.7. The first-order valence-electron chi connectivity index (χ1n) is 6.81. The van der Waals surface area contributed by atoms with Gasteiger partial charge in [-0.1, -0.05) is 11.6 Å². The lowest BCUT2D eigenvalue weighted by molar-refractivity contribution is -0.120. The lowest BCUT2D eigenvalue weighted by Gasteiger charge is -2.39. The van der Waals surface area contributed by atoms with E-state index in [4.69, 9.17) is 11.6 Å². The molecular weight excluding hydrogens is 264 g/mol. The number of carbonyl (C=O) groups is 1. The number of hydrogen-bond acceptors (Lipinski definition) is 3. The Morgan fingerprint density at radius 2 is 2.11 bits per heavy atom. The molecule has 104 valence electrons. The van der Waals surface area contributed by atoms with Crippen LogP contribution >= 0.6 is 11.6 Å². The van der Waals surface area contributed by atoms with Crippen LogP contribution in [0.1, 0.15) is 37.1 Å². The van der Waals surface area contributed by atoms with E-state index in [9.17, 15) is 4.79 Å². The van der Waals surface area contributed by atoms with Gasteiger partial charge in [0.2, 0.25) is 5.91 Å². The summed E-state index contributed by atoms with van der Waals surface area (Å²) in [6, 6.07) is 0. The van der Waals surface area contributed by atoms with Crippen molar-refractivity contribution in [2.45, 2.75) is 44.7 Å². The number of aromatic amines is 1. The molecular formula is C13H19ClN4O. The van der Waals surface area contributed by atoms with Crippen LogP contribution in [0.5, 0.6) is 0 Å². The van der Waals surface area contributed by atoms with Gasteiger partial charge in [0.25, 0.3) is 0 Å². The van der Waals surface area contributed by atoms with Gasteiger partial charge in [0.05, 0.1) is 16.4 Å². The summed E-state index contributed by atoms with van der Waals surface area (Å²) in [6.45, 7) is 4.69. The molecule has 0 saturated carbocycles. The SMILES string of the molecule is Cc1[nH]nc(CN2CCC3(CCC(=O)N3)CC2)c1Cl. The normalized spacial score (nSPS) is 22.9. The van der Waals surface area contributed by atoms with E-state index in [0.29, 0.717) is 6.42 Å². The molecule has 3 heterocycles. The van der Waals surface area contributed by atoms with Crippen LogP contribution in [-0.4, -0.2) is 39.6 Å². The van der Waals surface area contributed by atoms with Crippen LogP contribution in [0, 0.1) is 6.92 Å². The Morgan fingerprint density at radius 3 is 2.63 bits per heavy atom. The lowest BCUT2D eigenvalue weighted by atomic mass is 9.86. The molecule has 0 unspecified atom stereocenters. The number of carbonyl (C=O) groups excluding carboxylic acids is 1. The predicted molar refractivity (Wildman–Crippen MR) is 73.0 cm³/mol. The molecule has 1 amide bonds. The van der Waals surface area contributed by atoms with Gasteiger partial charge in [-0.2, -0.15) is 5.10 Å². The Balaban J connectivity index is 1.59. The summed E-state index contributed by atoms with van der Waals surface area (Å²) >= 11 is 6.19. The second-order valence-electron chi connectivity index (χ2n) is 5.71. The Bertz CT molecular complexity index is 491. The maximum atomic E-state index is 11.4. The number of aromatic nitrogens is 2. The first kappa shape index (κ1) is 12.9. The second-order valence-corrected chi connectivity index (χ2v) is 6.09. The topological polar surface area (TPSA) is 61.0 Å². The molecule has 1 spiro atoms. The minimum atomic E-state index is 0.0683. The third kappa shape index (κ3) is 2.49. The number of likely N-dealkylation sites (tertiary alicyclic amines) is 1. The Labute approximate surface area is 117 Å². The Kier molecular flexibility index (Phi) is 3.27. The van der Waals surface area contributed by atoms with Crippen molar-refractivity contribution in [1.82, 2.24) is 20.4 Å². The number of nitrogens with zero attached hydrogens (tertiary/aromatic N) is 2. The van der Waals surface area contributed by atoms with E-state index < -0.39 is 0 Å². The van der Waals surface area contributed by atoms with Gasteiger partial charge in [-0.25, -0.2) is 0 Å². The molecule has 0 aromatic carbocycles. The van der Waals surface area contributed by atoms with Crippen LogP contribution in [0.4, 0.5) is 0 Å². The number of amides is 1. The fraction of sp³-hybridized carbons (Fsp3) is 0.692. The van der Waals surface area contributed by atoms with E-state index in [1.54, 1.807) is 0 Å². The summed E-state index contributed by atoms with van der Waals surface area (Å²) in [5.41, 5.74) is 1.91. The average Bonchev–Trinajstić information content (AvgIpc) is 2.91. The predicted octanol–water partition coefficient (Wildman–Crippen LogP) is 1.62. The highest BCUT2D eigenvalue weighted by Crippen LogP contribution is 2.32. The third-order valence-electron chi connectivity index (χ3n) is 4.36. The maximum Gasteiger partial charge on any atom is 0.220 e. The van der Waals surface area contributed by atoms with Crippen LogP contribution in [0.3, 0.4) is 0 Å². The number of aryl methyl sites for hydroxylation is 1. The van der Waals surface area contributed by atoms with Crippen molar-refractivity contribution < 1.29 is 4.79 Å². The van der Waals surface area contributed by atoms with Gasteiger partial charge in [-0.3, -0.25) is 14.8 Å². The zero-order valence-electron chi connectivity index (χ0n) is 11.1. The van der Waals surface area contributed by atoms with Crippen LogP contribution in [0.15, 0.2) is 0 Å². The number of hydrogen-bond donors (Lipinski definition) is 2. The van der Waals surface area contributed by atoms with Crippen molar-refractivity contribution in [1.29, 1.82) is 0 Å². The molecule has 2 fully saturated rings. The van der Waals surface area contributed by atoms with E-state index in [-0.39, 0.29) is 11.4 Å². The van der Waals surface area contributed by atoms with Crippen LogP contribution < -0.4 is 5.32 Å². The van der Waals surface area contributed by atoms with Crippen molar-refractivity contribution in [3.63, 3.8) is 0 Å². The summed E-state index contributed by atoms with van der Waals surface area (Å²) in [6.07, 6.45) is 3.73. The quantitative estimate of drug-likeness (QED) is 0.866. The lowest BCUT2D eigenvalue weighted by Crippen LogP contribution is -2.50. The largest absolute Gasteiger partial charge is 0.351 e. The minimum Gasteiger partial charge on any atom is -0.351 e. The van der Waals surface area contributed by atoms with Gasteiger partial charge in [0, 0.05) is 31.6 Å². The van der Waals surface area contributed by atoms with Crippen molar-refractivity contribution in [3.8, 4) is 0 Å². The maximum absolute atomic E-state index is 11.4. The summed E-state index contributed by atoms with van der Waals surface area (Å²) in [5.74, 6) is 0.208. The molecule has 3 rings (SSSR count). The number of halogens is 1. The molecule has 0 aliphatic carbocycles. The molecule has 1 aromatic heterocycles. The van der Waals surface area contributed by atoms with E-state index >= 15 is 0 Å². The van der Waals surface area contributed by atoms with Gasteiger partial charge >= 0.3 is 0 Å². The third-order valence-corrected chi connectivity index (χ3v) is 4.86. The van der Waals surface area contributed by atoms with Crippen LogP contribution in [0.2, 0.25) is 5.02 Å². The highest BCUT2D eigenvalue weighted by atomic mass is 35.5. The molecule has 19 heavy (non-hydrogen) atoms. The standard InChI is InChI=1S/C13H19ClN4O/c1-9-12(14)10(17-16-9)8-18-6-4-13(5-7-18)3-2-11(19)15-13/h2-8H2,1H3,(H,15,19)(H,16,17). The van der Waals surface area contributed by atoms with Gasteiger partial charge < -0.3 is 5.32 Å². The molecule has 1 aromatic rings. The summed E-state index contributed by atoms with van der Waals surface area (Å²) < 4.78 is 0. The molecule has 6 heteroatoms. The van der Waals surface area contributed by atoms with Crippen LogP contribution in [-0.2, 0) is 11.3 Å². The van der Waals surface area contributed by atoms with Gasteiger partial charge in [0.15, 0.2) is 0 Å². The highest BCUT2D eigenvalue weighted by Gasteiger charge is 2.40. The number of nitrogens with one attached hydrogen (secondary N) is 2. The summed E-state index contributed by atoms with van der Waals surface area (Å²) in [5, 5.41) is 11.1. The average molecular weight is 283 g/mol. The molecule has 2 aliphatic rings. The van der Waals surface area contributed by atoms with Crippen molar-refractivity contribution in [3.05, 3.63) is 16.4 Å². The Hall–Kier alpha value is -1.07. The second kappa shape index (κ2) is 4.80. The molecule has 0 atom stereocenters. The zero-order valence-corrected chi connectivity index (χ0v) is 11.9. The monoisotopic (exact) mass is 282 g/mol. The number of H-pyrrole nitrogens is 1. The molecule has 2 N–H and O–H groups in total. The molecule has 5 nitrogen and oxygen atoms in total. The van der Waals surface area contributed by atoms with Crippen molar-refractivity contribution in [2.75, 3.05) is 13.1 Å². The van der Waals surface area contributed by atoms with Crippen LogP contribution in [0.25, 0.3) is 0 Å². The van der Waals surface area contributed by atoms with E-state index in [2.05, 4.69) is 20.4 Å². The van der Waals surface area contributed by atoms with E-state index in [1.165, 1.54) is 0 Å². The van der Waals surface area contributed by atoms with Gasteiger partial charge in [-0.15, -0.1) is 0 Å². The summed E-state index contributed by atoms with van der Waals surface area (Å²) in [7, 11) is 0. The Morgan fingerprint density at radius 1 is 1.37 bits per heavy atom. The number of rotatable bonds is 2. The van der Waals surface area contributed by atoms with Gasteiger partial charge in [0.1, 0.15) is 0 Å². The van der Waals surface area contributed by atoms with Gasteiger partial charge in [-0.05, 0) is 26.2 Å². The molecule has 0 radical (unpaired) electrons. The fourth-order valence-corrected chi connectivity index (χ4v) is 3.21. The molecule has 2 saturated heterocycles. The van der Waals surface area contributed by atoms with E-state index in [1.807, 2.05) is 6.92 Å². The van der Waals surface area contributed by atoms with Crippen molar-refractivity contribution in [2.24, 2.45) is 0 Å². The molecule has 0 bridgehead atoms. The smallest absolute Gasteiger partial charge is 0.220 e.